The molecule has 2 aromatic carbocycles. The van der Waals surface area contributed by atoms with E-state index in [9.17, 15) is 4.79 Å². The van der Waals surface area contributed by atoms with E-state index < -0.39 is 6.04 Å². The standard InChI is InChI=1S/C17H19ClN2O2/c1-11-9-15(16(22-3)10-14(11)18)19-12(2)17(21)20-13-7-5-4-6-8-13/h4-10,12,19H,1-3H3,(H,20,21). The zero-order chi connectivity index (χ0) is 16.1. The molecule has 0 aliphatic carbocycles. The molecule has 116 valence electrons. The lowest BCUT2D eigenvalue weighted by Gasteiger charge is -2.18. The summed E-state index contributed by atoms with van der Waals surface area (Å²) in [5, 5.41) is 6.64. The van der Waals surface area contributed by atoms with Gasteiger partial charge in [0.2, 0.25) is 5.91 Å². The molecule has 1 atom stereocenters. The van der Waals surface area contributed by atoms with Crippen molar-refractivity contribution >= 4 is 28.9 Å². The monoisotopic (exact) mass is 318 g/mol. The van der Waals surface area contributed by atoms with E-state index in [1.54, 1.807) is 20.1 Å². The van der Waals surface area contributed by atoms with Gasteiger partial charge in [0.1, 0.15) is 11.8 Å². The molecule has 1 amide bonds. The smallest absolute Gasteiger partial charge is 0.246 e. The number of amides is 1. The lowest BCUT2D eigenvalue weighted by molar-refractivity contribution is -0.116. The Bertz CT molecular complexity index is 659. The summed E-state index contributed by atoms with van der Waals surface area (Å²) in [5.74, 6) is 0.482. The van der Waals surface area contributed by atoms with Crippen molar-refractivity contribution < 1.29 is 9.53 Å². The van der Waals surface area contributed by atoms with E-state index in [2.05, 4.69) is 10.6 Å². The molecule has 0 saturated carbocycles. The van der Waals surface area contributed by atoms with Gasteiger partial charge < -0.3 is 15.4 Å². The van der Waals surface area contributed by atoms with Gasteiger partial charge in [-0.15, -0.1) is 0 Å². The van der Waals surface area contributed by atoms with Crippen LogP contribution in [0.25, 0.3) is 0 Å². The molecule has 0 aromatic heterocycles. The van der Waals surface area contributed by atoms with E-state index in [4.69, 9.17) is 16.3 Å². The largest absolute Gasteiger partial charge is 0.495 e. The molecule has 4 nitrogen and oxygen atoms in total. The number of rotatable bonds is 5. The predicted octanol–water partition coefficient (Wildman–Crippen LogP) is 4.10. The summed E-state index contributed by atoms with van der Waals surface area (Å²) in [6.07, 6.45) is 0. The highest BCUT2D eigenvalue weighted by Crippen LogP contribution is 2.31. The first-order valence-electron chi connectivity index (χ1n) is 6.98. The maximum absolute atomic E-state index is 12.2. The third-order valence-electron chi connectivity index (χ3n) is 3.29. The van der Waals surface area contributed by atoms with Crippen molar-refractivity contribution in [2.75, 3.05) is 17.7 Å². The minimum Gasteiger partial charge on any atom is -0.495 e. The Kier molecular flexibility index (Phi) is 5.28. The zero-order valence-corrected chi connectivity index (χ0v) is 13.6. The molecule has 0 aliphatic rings. The highest BCUT2D eigenvalue weighted by molar-refractivity contribution is 6.31. The number of ether oxygens (including phenoxy) is 1. The van der Waals surface area contributed by atoms with E-state index >= 15 is 0 Å². The number of anilines is 2. The molecule has 0 aliphatic heterocycles. The van der Waals surface area contributed by atoms with Crippen LogP contribution < -0.4 is 15.4 Å². The van der Waals surface area contributed by atoms with Crippen molar-refractivity contribution in [1.82, 2.24) is 0 Å². The summed E-state index contributed by atoms with van der Waals surface area (Å²) in [6, 6.07) is 12.5. The van der Waals surface area contributed by atoms with Gasteiger partial charge in [-0.25, -0.2) is 0 Å². The van der Waals surface area contributed by atoms with Crippen molar-refractivity contribution in [1.29, 1.82) is 0 Å². The number of methoxy groups -OCH3 is 1. The van der Waals surface area contributed by atoms with Gasteiger partial charge in [-0.3, -0.25) is 4.79 Å². The number of aryl methyl sites for hydroxylation is 1. The molecule has 2 aromatic rings. The van der Waals surface area contributed by atoms with E-state index in [-0.39, 0.29) is 5.91 Å². The molecule has 5 heteroatoms. The van der Waals surface area contributed by atoms with Crippen LogP contribution in [0.5, 0.6) is 5.75 Å². The van der Waals surface area contributed by atoms with Crippen molar-refractivity contribution in [2.45, 2.75) is 19.9 Å². The third kappa shape index (κ3) is 3.92. The minimum atomic E-state index is -0.422. The maximum Gasteiger partial charge on any atom is 0.246 e. The topological polar surface area (TPSA) is 50.4 Å². The average Bonchev–Trinajstić information content (AvgIpc) is 2.51. The Morgan fingerprint density at radius 2 is 1.91 bits per heavy atom. The Hall–Kier alpha value is -2.20. The van der Waals surface area contributed by atoms with Gasteiger partial charge in [-0.1, -0.05) is 29.8 Å². The third-order valence-corrected chi connectivity index (χ3v) is 3.69. The lowest BCUT2D eigenvalue weighted by atomic mass is 10.2. The molecule has 0 spiro atoms. The van der Waals surface area contributed by atoms with E-state index in [0.29, 0.717) is 10.8 Å². The molecule has 2 N–H and O–H groups in total. The van der Waals surface area contributed by atoms with Crippen LogP contribution in [0.4, 0.5) is 11.4 Å². The molecule has 22 heavy (non-hydrogen) atoms. The second-order valence-corrected chi connectivity index (χ2v) is 5.43. The summed E-state index contributed by atoms with van der Waals surface area (Å²) in [6.45, 7) is 3.70. The van der Waals surface area contributed by atoms with Crippen molar-refractivity contribution in [3.63, 3.8) is 0 Å². The second-order valence-electron chi connectivity index (χ2n) is 5.02. The van der Waals surface area contributed by atoms with E-state index in [0.717, 1.165) is 16.9 Å². The van der Waals surface area contributed by atoms with Crippen LogP contribution >= 0.6 is 11.6 Å². The van der Waals surface area contributed by atoms with Gasteiger partial charge in [0.25, 0.3) is 0 Å². The molecule has 2 rings (SSSR count). The normalized spacial score (nSPS) is 11.6. The fourth-order valence-corrected chi connectivity index (χ4v) is 2.17. The fraction of sp³-hybridized carbons (Fsp3) is 0.235. The van der Waals surface area contributed by atoms with Gasteiger partial charge in [-0.2, -0.15) is 0 Å². The number of para-hydroxylation sites is 1. The van der Waals surface area contributed by atoms with Crippen LogP contribution in [0.3, 0.4) is 0 Å². The first kappa shape index (κ1) is 16.2. The lowest BCUT2D eigenvalue weighted by Crippen LogP contribution is -2.32. The number of halogens is 1. The van der Waals surface area contributed by atoms with Gasteiger partial charge in [0.15, 0.2) is 0 Å². The van der Waals surface area contributed by atoms with E-state index in [1.165, 1.54) is 0 Å². The molecular weight excluding hydrogens is 300 g/mol. The Balaban J connectivity index is 2.10. The maximum atomic E-state index is 12.2. The molecule has 0 heterocycles. The Labute approximate surface area is 135 Å². The van der Waals surface area contributed by atoms with Crippen molar-refractivity contribution in [2.24, 2.45) is 0 Å². The highest BCUT2D eigenvalue weighted by Gasteiger charge is 2.15. The first-order chi connectivity index (χ1) is 10.5. The first-order valence-corrected chi connectivity index (χ1v) is 7.35. The number of hydrogen-bond acceptors (Lipinski definition) is 3. The zero-order valence-electron chi connectivity index (χ0n) is 12.8. The summed E-state index contributed by atoms with van der Waals surface area (Å²) in [4.78, 5) is 12.2. The molecule has 0 saturated heterocycles. The van der Waals surface area contributed by atoms with Gasteiger partial charge in [0.05, 0.1) is 12.8 Å². The SMILES string of the molecule is COc1cc(Cl)c(C)cc1NC(C)C(=O)Nc1ccccc1. The number of carbonyl (C=O) groups excluding carboxylic acids is 1. The summed E-state index contributed by atoms with van der Waals surface area (Å²) in [7, 11) is 1.57. The van der Waals surface area contributed by atoms with Crippen LogP contribution in [0.2, 0.25) is 5.02 Å². The highest BCUT2D eigenvalue weighted by atomic mass is 35.5. The van der Waals surface area contributed by atoms with Crippen LogP contribution in [0, 0.1) is 6.92 Å². The van der Waals surface area contributed by atoms with Gasteiger partial charge >= 0.3 is 0 Å². The van der Waals surface area contributed by atoms with Crippen LogP contribution in [-0.4, -0.2) is 19.1 Å². The molecule has 0 bridgehead atoms. The molecule has 0 radical (unpaired) electrons. The predicted molar refractivity (Wildman–Crippen MR) is 90.9 cm³/mol. The minimum absolute atomic E-state index is 0.124. The van der Waals surface area contributed by atoms with E-state index in [1.807, 2.05) is 43.3 Å². The summed E-state index contributed by atoms with van der Waals surface area (Å²) < 4.78 is 5.30. The van der Waals surface area contributed by atoms with Crippen molar-refractivity contribution in [3.8, 4) is 5.75 Å². The Morgan fingerprint density at radius 3 is 2.55 bits per heavy atom. The fourth-order valence-electron chi connectivity index (χ4n) is 2.02. The number of benzene rings is 2. The molecule has 0 fully saturated rings. The van der Waals surface area contributed by atoms with Crippen LogP contribution in [0.15, 0.2) is 42.5 Å². The van der Waals surface area contributed by atoms with Gasteiger partial charge in [0, 0.05) is 16.8 Å². The van der Waals surface area contributed by atoms with Crippen molar-refractivity contribution in [3.05, 3.63) is 53.1 Å². The number of carbonyl (C=O) groups is 1. The summed E-state index contributed by atoms with van der Waals surface area (Å²) in [5.41, 5.74) is 2.42. The number of nitrogens with one attached hydrogen (secondary N) is 2. The van der Waals surface area contributed by atoms with Crippen LogP contribution in [-0.2, 0) is 4.79 Å². The van der Waals surface area contributed by atoms with Gasteiger partial charge in [-0.05, 0) is 37.6 Å². The molecule has 1 unspecified atom stereocenters. The van der Waals surface area contributed by atoms with Crippen LogP contribution in [0.1, 0.15) is 12.5 Å². The quantitative estimate of drug-likeness (QED) is 0.872. The molecular formula is C17H19ClN2O2. The second kappa shape index (κ2) is 7.18. The average molecular weight is 319 g/mol. The summed E-state index contributed by atoms with van der Waals surface area (Å²) >= 11 is 6.08. The number of hydrogen-bond donors (Lipinski definition) is 2. The Morgan fingerprint density at radius 1 is 1.23 bits per heavy atom.